The molecule has 1 aliphatic heterocycles. The number of benzene rings is 1. The number of hydrogen-bond donors (Lipinski definition) is 0. The van der Waals surface area contributed by atoms with Crippen LogP contribution in [0.25, 0.3) is 0 Å². The molecule has 1 heterocycles. The highest BCUT2D eigenvalue weighted by atomic mass is 16.5. The molecule has 1 aromatic rings. The molecule has 0 saturated carbocycles. The molecule has 1 aliphatic rings. The smallest absolute Gasteiger partial charge is 0.175 e. The van der Waals surface area contributed by atoms with E-state index in [4.69, 9.17) is 4.74 Å². The average Bonchev–Trinajstić information content (AvgIpc) is 2.27. The van der Waals surface area contributed by atoms with Crippen molar-refractivity contribution in [2.75, 3.05) is 0 Å². The summed E-state index contributed by atoms with van der Waals surface area (Å²) in [4.78, 5) is 4.29. The van der Waals surface area contributed by atoms with Gasteiger partial charge in [0.2, 0.25) is 0 Å². The zero-order valence-electron chi connectivity index (χ0n) is 8.82. The summed E-state index contributed by atoms with van der Waals surface area (Å²) in [5, 5.41) is 0. The lowest BCUT2D eigenvalue weighted by Crippen LogP contribution is -2.29. The summed E-state index contributed by atoms with van der Waals surface area (Å²) >= 11 is 0. The number of hydrogen-bond acceptors (Lipinski definition) is 2. The molecule has 0 radical (unpaired) electrons. The zero-order valence-corrected chi connectivity index (χ0v) is 8.82. The summed E-state index contributed by atoms with van der Waals surface area (Å²) in [7, 11) is 0. The molecule has 2 rings (SSSR count). The van der Waals surface area contributed by atoms with Crippen molar-refractivity contribution in [1.29, 1.82) is 0 Å². The van der Waals surface area contributed by atoms with Gasteiger partial charge >= 0.3 is 0 Å². The van der Waals surface area contributed by atoms with E-state index in [2.05, 4.69) is 31.8 Å². The van der Waals surface area contributed by atoms with E-state index in [0.29, 0.717) is 5.92 Å². The van der Waals surface area contributed by atoms with Crippen LogP contribution in [0.4, 0.5) is 5.69 Å². The van der Waals surface area contributed by atoms with Crippen LogP contribution in [0.1, 0.15) is 32.3 Å². The van der Waals surface area contributed by atoms with Crippen LogP contribution in [-0.4, -0.2) is 12.0 Å². The average molecular weight is 189 g/mol. The number of nitrogens with zero attached hydrogens (tertiary/aromatic N) is 1. The Morgan fingerprint density at radius 2 is 2.00 bits per heavy atom. The van der Waals surface area contributed by atoms with E-state index in [9.17, 15) is 0 Å². The summed E-state index contributed by atoms with van der Waals surface area (Å²) in [6.07, 6.45) is 1.56. The Morgan fingerprint density at radius 1 is 1.29 bits per heavy atom. The normalized spacial score (nSPS) is 23.5. The first-order valence-electron chi connectivity index (χ1n) is 4.90. The highest BCUT2D eigenvalue weighted by molar-refractivity contribution is 5.61. The number of ether oxygens (including phenoxy) is 1. The Morgan fingerprint density at radius 3 is 2.79 bits per heavy atom. The Balaban J connectivity index is 2.53. The van der Waals surface area contributed by atoms with Crippen molar-refractivity contribution >= 4 is 12.1 Å². The second-order valence-corrected chi connectivity index (χ2v) is 4.24. The molecule has 1 aromatic carbocycles. The minimum absolute atomic E-state index is 0.184. The second kappa shape index (κ2) is 3.12. The molecule has 0 aliphatic carbocycles. The molecule has 0 aromatic heterocycles. The van der Waals surface area contributed by atoms with Gasteiger partial charge in [-0.2, -0.15) is 0 Å². The molecular formula is C12H15NO. The third-order valence-electron chi connectivity index (χ3n) is 2.99. The Bertz CT molecular complexity index is 368. The maximum absolute atomic E-state index is 5.59. The lowest BCUT2D eigenvalue weighted by molar-refractivity contribution is 0.0814. The molecule has 0 spiro atoms. The molecule has 0 N–H and O–H groups in total. The maximum Gasteiger partial charge on any atom is 0.175 e. The van der Waals surface area contributed by atoms with Crippen LogP contribution in [0, 0.1) is 0 Å². The van der Waals surface area contributed by atoms with Crippen molar-refractivity contribution in [3.05, 3.63) is 29.8 Å². The van der Waals surface area contributed by atoms with Crippen LogP contribution in [-0.2, 0) is 4.74 Å². The van der Waals surface area contributed by atoms with Gasteiger partial charge in [-0.05, 0) is 25.5 Å². The number of rotatable bonds is 0. The standard InChI is InChI=1S/C12H15NO/c1-9-10-6-4-5-7-11(10)13-8-14-12(9,2)3/h4-9H,1-3H3. The Hall–Kier alpha value is -1.31. The first kappa shape index (κ1) is 9.25. The SMILES string of the molecule is CC1c2ccccc2N=COC1(C)C. The lowest BCUT2D eigenvalue weighted by Gasteiger charge is -2.29. The summed E-state index contributed by atoms with van der Waals surface area (Å²) in [6, 6.07) is 8.19. The molecule has 74 valence electrons. The van der Waals surface area contributed by atoms with Crippen molar-refractivity contribution in [2.24, 2.45) is 4.99 Å². The predicted octanol–water partition coefficient (Wildman–Crippen LogP) is 3.26. The molecule has 0 saturated heterocycles. The van der Waals surface area contributed by atoms with Gasteiger partial charge in [-0.15, -0.1) is 0 Å². The molecule has 2 nitrogen and oxygen atoms in total. The Labute approximate surface area is 84.6 Å². The van der Waals surface area contributed by atoms with Gasteiger partial charge in [-0.3, -0.25) is 0 Å². The zero-order chi connectivity index (χ0) is 10.2. The molecule has 14 heavy (non-hydrogen) atoms. The fourth-order valence-corrected chi connectivity index (χ4v) is 1.67. The molecule has 1 unspecified atom stereocenters. The quantitative estimate of drug-likeness (QED) is 0.613. The van der Waals surface area contributed by atoms with Crippen LogP contribution in [0.5, 0.6) is 0 Å². The molecule has 0 fully saturated rings. The van der Waals surface area contributed by atoms with Gasteiger partial charge in [-0.25, -0.2) is 4.99 Å². The van der Waals surface area contributed by atoms with Crippen molar-refractivity contribution in [1.82, 2.24) is 0 Å². The molecular weight excluding hydrogens is 174 g/mol. The fraction of sp³-hybridized carbons (Fsp3) is 0.417. The minimum Gasteiger partial charge on any atom is -0.477 e. The van der Waals surface area contributed by atoms with Crippen molar-refractivity contribution in [2.45, 2.75) is 32.3 Å². The molecule has 0 amide bonds. The predicted molar refractivity (Wildman–Crippen MR) is 58.2 cm³/mol. The van der Waals surface area contributed by atoms with Gasteiger partial charge in [0, 0.05) is 5.92 Å². The minimum atomic E-state index is -0.184. The topological polar surface area (TPSA) is 21.6 Å². The van der Waals surface area contributed by atoms with Crippen LogP contribution < -0.4 is 0 Å². The van der Waals surface area contributed by atoms with E-state index in [0.717, 1.165) is 5.69 Å². The third kappa shape index (κ3) is 1.41. The second-order valence-electron chi connectivity index (χ2n) is 4.24. The van der Waals surface area contributed by atoms with Crippen LogP contribution >= 0.6 is 0 Å². The van der Waals surface area contributed by atoms with Gasteiger partial charge in [0.15, 0.2) is 6.40 Å². The van der Waals surface area contributed by atoms with E-state index >= 15 is 0 Å². The van der Waals surface area contributed by atoms with E-state index in [1.54, 1.807) is 6.40 Å². The fourth-order valence-electron chi connectivity index (χ4n) is 1.67. The van der Waals surface area contributed by atoms with Crippen LogP contribution in [0.2, 0.25) is 0 Å². The lowest BCUT2D eigenvalue weighted by atomic mass is 9.85. The largest absolute Gasteiger partial charge is 0.477 e. The monoisotopic (exact) mass is 189 g/mol. The van der Waals surface area contributed by atoms with Gasteiger partial charge < -0.3 is 4.74 Å². The van der Waals surface area contributed by atoms with Gasteiger partial charge in [0.1, 0.15) is 5.60 Å². The third-order valence-corrected chi connectivity index (χ3v) is 2.99. The van der Waals surface area contributed by atoms with Gasteiger partial charge in [0.05, 0.1) is 5.69 Å². The van der Waals surface area contributed by atoms with E-state index in [1.165, 1.54) is 5.56 Å². The first-order chi connectivity index (χ1) is 6.61. The summed E-state index contributed by atoms with van der Waals surface area (Å²) < 4.78 is 5.59. The summed E-state index contributed by atoms with van der Waals surface area (Å²) in [5.41, 5.74) is 2.09. The molecule has 0 bridgehead atoms. The number of fused-ring (bicyclic) bond motifs is 1. The van der Waals surface area contributed by atoms with Gasteiger partial charge in [-0.1, -0.05) is 25.1 Å². The number of para-hydroxylation sites is 1. The maximum atomic E-state index is 5.59. The molecule has 1 atom stereocenters. The number of aliphatic imine (C=N–C) groups is 1. The summed E-state index contributed by atoms with van der Waals surface area (Å²) in [6.45, 7) is 6.35. The first-order valence-corrected chi connectivity index (χ1v) is 4.90. The van der Waals surface area contributed by atoms with Crippen LogP contribution in [0.3, 0.4) is 0 Å². The Kier molecular flexibility index (Phi) is 2.06. The highest BCUT2D eigenvalue weighted by Gasteiger charge is 2.31. The van der Waals surface area contributed by atoms with Crippen molar-refractivity contribution in [3.8, 4) is 0 Å². The van der Waals surface area contributed by atoms with Crippen molar-refractivity contribution < 1.29 is 4.74 Å². The van der Waals surface area contributed by atoms with E-state index < -0.39 is 0 Å². The van der Waals surface area contributed by atoms with Gasteiger partial charge in [0.25, 0.3) is 0 Å². The van der Waals surface area contributed by atoms with Crippen LogP contribution in [0.15, 0.2) is 29.3 Å². The summed E-state index contributed by atoms with van der Waals surface area (Å²) in [5.74, 6) is 0.348. The van der Waals surface area contributed by atoms with Crippen molar-refractivity contribution in [3.63, 3.8) is 0 Å². The molecule has 2 heteroatoms. The van der Waals surface area contributed by atoms with E-state index in [1.807, 2.05) is 18.2 Å². The highest BCUT2D eigenvalue weighted by Crippen LogP contribution is 2.37. The van der Waals surface area contributed by atoms with E-state index in [-0.39, 0.29) is 5.60 Å².